The molecule has 2 N–H and O–H groups in total. The molecule has 18 heavy (non-hydrogen) atoms. The maximum atomic E-state index is 11.0. The van der Waals surface area contributed by atoms with Gasteiger partial charge in [0, 0.05) is 5.02 Å². The summed E-state index contributed by atoms with van der Waals surface area (Å²) in [7, 11) is 0. The third-order valence-electron chi connectivity index (χ3n) is 2.34. The molecule has 1 aromatic carbocycles. The summed E-state index contributed by atoms with van der Waals surface area (Å²) in [6.07, 6.45) is 0. The lowest BCUT2D eigenvalue weighted by molar-refractivity contribution is -0.148. The van der Waals surface area contributed by atoms with E-state index in [1.165, 1.54) is 32.0 Å². The zero-order chi connectivity index (χ0) is 13.9. The number of carbonyl (C=O) groups is 2. The van der Waals surface area contributed by atoms with Crippen LogP contribution in [0.4, 0.5) is 0 Å². The number of ether oxygens (including phenoxy) is 1. The van der Waals surface area contributed by atoms with Crippen molar-refractivity contribution < 1.29 is 24.5 Å². The molecule has 1 rings (SSSR count). The third-order valence-corrected chi connectivity index (χ3v) is 2.57. The van der Waals surface area contributed by atoms with E-state index in [4.69, 9.17) is 26.6 Å². The second kappa shape index (κ2) is 5.27. The monoisotopic (exact) mass is 272 g/mol. The molecular formula is C12H13ClO5. The first-order valence-corrected chi connectivity index (χ1v) is 5.51. The average Bonchev–Trinajstić information content (AvgIpc) is 2.27. The molecule has 0 aliphatic carbocycles. The summed E-state index contributed by atoms with van der Waals surface area (Å²) in [6, 6.07) is 4.15. The molecule has 0 unspecified atom stereocenters. The molecule has 6 heteroatoms. The molecule has 5 nitrogen and oxygen atoms in total. The minimum Gasteiger partial charge on any atom is -0.492 e. The topological polar surface area (TPSA) is 83.8 Å². The molecule has 0 atom stereocenters. The van der Waals surface area contributed by atoms with Crippen molar-refractivity contribution in [2.24, 2.45) is 5.41 Å². The number of carboxylic acid groups (broad SMARTS) is 2. The van der Waals surface area contributed by atoms with Crippen molar-refractivity contribution in [3.63, 3.8) is 0 Å². The van der Waals surface area contributed by atoms with E-state index < -0.39 is 17.4 Å². The molecule has 98 valence electrons. The van der Waals surface area contributed by atoms with E-state index in [0.29, 0.717) is 0 Å². The predicted molar refractivity (Wildman–Crippen MR) is 65.3 cm³/mol. The molecule has 0 bridgehead atoms. The van der Waals surface area contributed by atoms with Crippen LogP contribution in [0.5, 0.6) is 5.75 Å². The Kier molecular flexibility index (Phi) is 4.19. The summed E-state index contributed by atoms with van der Waals surface area (Å²) in [5.41, 5.74) is -1.20. The van der Waals surface area contributed by atoms with Crippen molar-refractivity contribution in [3.05, 3.63) is 28.8 Å². The van der Waals surface area contributed by atoms with Crippen molar-refractivity contribution in [2.75, 3.05) is 6.61 Å². The van der Waals surface area contributed by atoms with Gasteiger partial charge < -0.3 is 14.9 Å². The number of aromatic carboxylic acids is 1. The lowest BCUT2D eigenvalue weighted by Gasteiger charge is -2.20. The Bertz CT molecular complexity index is 481. The predicted octanol–water partition coefficient (Wildman–Crippen LogP) is 2.53. The summed E-state index contributed by atoms with van der Waals surface area (Å²) < 4.78 is 5.26. The van der Waals surface area contributed by atoms with Crippen molar-refractivity contribution in [1.82, 2.24) is 0 Å². The molecule has 0 saturated carbocycles. The summed E-state index contributed by atoms with van der Waals surface area (Å²) in [6.45, 7) is 2.85. The average molecular weight is 273 g/mol. The molecule has 0 fully saturated rings. The lowest BCUT2D eigenvalue weighted by Crippen LogP contribution is -2.31. The normalized spacial score (nSPS) is 11.1. The highest BCUT2D eigenvalue weighted by atomic mass is 35.5. The van der Waals surface area contributed by atoms with Crippen LogP contribution in [0.1, 0.15) is 24.2 Å². The molecule has 0 saturated heterocycles. The van der Waals surface area contributed by atoms with Crippen LogP contribution >= 0.6 is 11.6 Å². The fourth-order valence-electron chi connectivity index (χ4n) is 1.12. The molecular weight excluding hydrogens is 260 g/mol. The molecule has 0 amide bonds. The van der Waals surface area contributed by atoms with Gasteiger partial charge in [-0.05, 0) is 32.0 Å². The van der Waals surface area contributed by atoms with Crippen LogP contribution in [0.3, 0.4) is 0 Å². The standard InChI is InChI=1S/C12H13ClO5/c1-12(2,11(16)17)6-18-9-4-3-7(13)5-8(9)10(14)15/h3-5H,6H2,1-2H3,(H,14,15)(H,16,17). The van der Waals surface area contributed by atoms with Crippen LogP contribution in [0.25, 0.3) is 0 Å². The van der Waals surface area contributed by atoms with Crippen molar-refractivity contribution in [3.8, 4) is 5.75 Å². The second-order valence-corrected chi connectivity index (χ2v) is 4.86. The third kappa shape index (κ3) is 3.37. The Labute approximate surface area is 109 Å². The Hall–Kier alpha value is -1.75. The number of carboxylic acids is 2. The van der Waals surface area contributed by atoms with Gasteiger partial charge in [-0.25, -0.2) is 4.79 Å². The van der Waals surface area contributed by atoms with Crippen LogP contribution in [0, 0.1) is 5.41 Å². The van der Waals surface area contributed by atoms with Crippen LogP contribution in [-0.4, -0.2) is 28.8 Å². The van der Waals surface area contributed by atoms with Gasteiger partial charge in [-0.15, -0.1) is 0 Å². The maximum Gasteiger partial charge on any atom is 0.339 e. The summed E-state index contributed by atoms with van der Waals surface area (Å²) in [4.78, 5) is 21.9. The summed E-state index contributed by atoms with van der Waals surface area (Å²) in [5, 5.41) is 18.2. The van der Waals surface area contributed by atoms with E-state index >= 15 is 0 Å². The number of hydrogen-bond donors (Lipinski definition) is 2. The highest BCUT2D eigenvalue weighted by Crippen LogP contribution is 2.25. The highest BCUT2D eigenvalue weighted by Gasteiger charge is 2.28. The summed E-state index contributed by atoms with van der Waals surface area (Å²) >= 11 is 5.69. The maximum absolute atomic E-state index is 11.0. The largest absolute Gasteiger partial charge is 0.492 e. The fraction of sp³-hybridized carbons (Fsp3) is 0.333. The van der Waals surface area contributed by atoms with E-state index in [0.717, 1.165) is 0 Å². The number of hydrogen-bond acceptors (Lipinski definition) is 3. The quantitative estimate of drug-likeness (QED) is 0.860. The van der Waals surface area contributed by atoms with Gasteiger partial charge >= 0.3 is 11.9 Å². The first-order chi connectivity index (χ1) is 8.24. The number of benzene rings is 1. The molecule has 0 aliphatic rings. The van der Waals surface area contributed by atoms with E-state index in [9.17, 15) is 9.59 Å². The Morgan fingerprint density at radius 1 is 1.33 bits per heavy atom. The number of rotatable bonds is 5. The van der Waals surface area contributed by atoms with Crippen LogP contribution in [-0.2, 0) is 4.79 Å². The van der Waals surface area contributed by atoms with Crippen LogP contribution < -0.4 is 4.74 Å². The first-order valence-electron chi connectivity index (χ1n) is 5.13. The van der Waals surface area contributed by atoms with Gasteiger partial charge in [-0.2, -0.15) is 0 Å². The summed E-state index contributed by atoms with van der Waals surface area (Å²) in [5.74, 6) is -2.10. The molecule has 0 aromatic heterocycles. The minimum atomic E-state index is -1.18. The molecule has 0 heterocycles. The van der Waals surface area contributed by atoms with Crippen LogP contribution in [0.2, 0.25) is 5.02 Å². The van der Waals surface area contributed by atoms with Gasteiger partial charge in [-0.3, -0.25) is 4.79 Å². The Balaban J connectivity index is 2.92. The zero-order valence-corrected chi connectivity index (χ0v) is 10.7. The van der Waals surface area contributed by atoms with Gasteiger partial charge in [0.05, 0.1) is 5.41 Å². The van der Waals surface area contributed by atoms with E-state index in [2.05, 4.69) is 0 Å². The SMILES string of the molecule is CC(C)(COc1ccc(Cl)cc1C(=O)O)C(=O)O. The second-order valence-electron chi connectivity index (χ2n) is 4.42. The lowest BCUT2D eigenvalue weighted by atomic mass is 9.95. The van der Waals surface area contributed by atoms with Crippen molar-refractivity contribution >= 4 is 23.5 Å². The first kappa shape index (κ1) is 14.3. The Morgan fingerprint density at radius 2 is 1.94 bits per heavy atom. The van der Waals surface area contributed by atoms with Gasteiger partial charge in [-0.1, -0.05) is 11.6 Å². The van der Waals surface area contributed by atoms with Gasteiger partial charge in [0.2, 0.25) is 0 Å². The van der Waals surface area contributed by atoms with Crippen LogP contribution in [0.15, 0.2) is 18.2 Å². The Morgan fingerprint density at radius 3 is 2.44 bits per heavy atom. The van der Waals surface area contributed by atoms with Crippen molar-refractivity contribution in [2.45, 2.75) is 13.8 Å². The van der Waals surface area contributed by atoms with Gasteiger partial charge in [0.25, 0.3) is 0 Å². The molecule has 0 radical (unpaired) electrons. The smallest absolute Gasteiger partial charge is 0.339 e. The fourth-order valence-corrected chi connectivity index (χ4v) is 1.29. The minimum absolute atomic E-state index is 0.0938. The van der Waals surface area contributed by atoms with Crippen molar-refractivity contribution in [1.29, 1.82) is 0 Å². The molecule has 0 aliphatic heterocycles. The molecule has 0 spiro atoms. The van der Waals surface area contributed by atoms with E-state index in [-0.39, 0.29) is 22.9 Å². The van der Waals surface area contributed by atoms with Gasteiger partial charge in [0.15, 0.2) is 0 Å². The number of aliphatic carboxylic acids is 1. The number of halogens is 1. The zero-order valence-electron chi connectivity index (χ0n) is 9.94. The molecule has 1 aromatic rings. The van der Waals surface area contributed by atoms with E-state index in [1.54, 1.807) is 0 Å². The highest BCUT2D eigenvalue weighted by molar-refractivity contribution is 6.31. The van der Waals surface area contributed by atoms with Gasteiger partial charge in [0.1, 0.15) is 17.9 Å². The van der Waals surface area contributed by atoms with E-state index in [1.807, 2.05) is 0 Å².